The summed E-state index contributed by atoms with van der Waals surface area (Å²) in [6.07, 6.45) is 3.22. The van der Waals surface area contributed by atoms with Gasteiger partial charge in [-0.2, -0.15) is 8.78 Å². The maximum absolute atomic E-state index is 12.0. The second kappa shape index (κ2) is 3.42. The van der Waals surface area contributed by atoms with Crippen molar-refractivity contribution < 1.29 is 13.5 Å². The van der Waals surface area contributed by atoms with Crippen LogP contribution in [-0.2, 0) is 4.74 Å². The zero-order chi connectivity index (χ0) is 10.3. The molecule has 3 atom stereocenters. The van der Waals surface area contributed by atoms with Crippen molar-refractivity contribution in [2.24, 2.45) is 5.92 Å². The van der Waals surface area contributed by atoms with Gasteiger partial charge in [-0.05, 0) is 32.2 Å². The van der Waals surface area contributed by atoms with Crippen molar-refractivity contribution in [3.05, 3.63) is 0 Å². The van der Waals surface area contributed by atoms with Crippen molar-refractivity contribution in [2.75, 3.05) is 13.7 Å². The van der Waals surface area contributed by atoms with E-state index in [2.05, 4.69) is 16.6 Å². The molecule has 82 valence electrons. The Hall–Kier alpha value is -0.220. The minimum absolute atomic E-state index is 0.0846. The number of rotatable bonds is 3. The summed E-state index contributed by atoms with van der Waals surface area (Å²) in [5, 5.41) is 0. The number of halogens is 2. The summed E-state index contributed by atoms with van der Waals surface area (Å²) >= 11 is 0. The minimum atomic E-state index is -2.63. The minimum Gasteiger partial charge on any atom is -0.321 e. The molecule has 2 saturated heterocycles. The second-order valence-electron chi connectivity index (χ2n) is 4.81. The summed E-state index contributed by atoms with van der Waals surface area (Å²) < 4.78 is 28.4. The molecule has 0 aromatic carbocycles. The molecule has 0 aromatic rings. The smallest absolute Gasteiger partial charge is 0.321 e. The largest absolute Gasteiger partial charge is 0.345 e. The summed E-state index contributed by atoms with van der Waals surface area (Å²) in [7, 11) is 2.02. The molecule has 0 aromatic heterocycles. The lowest BCUT2D eigenvalue weighted by molar-refractivity contribution is -0.204. The van der Waals surface area contributed by atoms with E-state index in [1.807, 2.05) is 7.05 Å². The summed E-state index contributed by atoms with van der Waals surface area (Å²) in [5.74, 6) is 0.645. The zero-order valence-electron chi connectivity index (χ0n) is 8.67. The van der Waals surface area contributed by atoms with Gasteiger partial charge in [-0.25, -0.2) is 0 Å². The zero-order valence-corrected chi connectivity index (χ0v) is 8.67. The van der Waals surface area contributed by atoms with Crippen LogP contribution < -0.4 is 0 Å². The molecule has 3 rings (SSSR count). The van der Waals surface area contributed by atoms with E-state index in [0.29, 0.717) is 12.0 Å². The third kappa shape index (κ3) is 1.54. The fourth-order valence-electron chi connectivity index (χ4n) is 3.10. The van der Waals surface area contributed by atoms with Crippen molar-refractivity contribution in [1.82, 2.24) is 4.90 Å². The number of hydrogen-bond donors (Lipinski definition) is 0. The molecular formula is C10H17F2NO. The summed E-state index contributed by atoms with van der Waals surface area (Å²) in [6, 6.07) is 0.597. The van der Waals surface area contributed by atoms with Crippen LogP contribution in [0, 0.1) is 5.92 Å². The van der Waals surface area contributed by atoms with Crippen LogP contribution in [0.4, 0.5) is 8.78 Å². The third-order valence-corrected chi connectivity index (χ3v) is 3.79. The Kier molecular flexibility index (Phi) is 2.52. The lowest BCUT2D eigenvalue weighted by atomic mass is 9.65. The molecule has 2 bridgehead atoms. The van der Waals surface area contributed by atoms with Crippen molar-refractivity contribution in [2.45, 2.75) is 44.4 Å². The molecule has 4 heteroatoms. The van der Waals surface area contributed by atoms with E-state index < -0.39 is 6.61 Å². The number of alkyl halides is 2. The van der Waals surface area contributed by atoms with Gasteiger partial charge in [0.15, 0.2) is 0 Å². The van der Waals surface area contributed by atoms with Crippen molar-refractivity contribution in [1.29, 1.82) is 0 Å². The fourth-order valence-corrected chi connectivity index (χ4v) is 3.10. The SMILES string of the molecule is CC1CC2CC(COC(F)F)(C1)N2C. The molecule has 2 heterocycles. The number of fused-ring (bicyclic) bond motifs is 2. The normalized spacial score (nSPS) is 42.6. The van der Waals surface area contributed by atoms with E-state index in [0.717, 1.165) is 12.8 Å². The quantitative estimate of drug-likeness (QED) is 0.699. The number of hydrogen-bond acceptors (Lipinski definition) is 2. The predicted octanol–water partition coefficient (Wildman–Crippen LogP) is 2.10. The second-order valence-corrected chi connectivity index (χ2v) is 4.81. The van der Waals surface area contributed by atoms with E-state index in [4.69, 9.17) is 0 Å². The van der Waals surface area contributed by atoms with Crippen molar-refractivity contribution >= 4 is 0 Å². The first kappa shape index (κ1) is 10.3. The molecule has 3 aliphatic rings. The lowest BCUT2D eigenvalue weighted by Gasteiger charge is -2.62. The first-order chi connectivity index (χ1) is 6.53. The van der Waals surface area contributed by atoms with Crippen LogP contribution in [-0.4, -0.2) is 36.7 Å². The van der Waals surface area contributed by atoms with Gasteiger partial charge in [-0.1, -0.05) is 6.92 Å². The predicted molar refractivity (Wildman–Crippen MR) is 49.3 cm³/mol. The van der Waals surface area contributed by atoms with Gasteiger partial charge in [0.1, 0.15) is 0 Å². The maximum atomic E-state index is 12.0. The Morgan fingerprint density at radius 2 is 2.21 bits per heavy atom. The van der Waals surface area contributed by atoms with E-state index in [-0.39, 0.29) is 12.1 Å². The van der Waals surface area contributed by atoms with Gasteiger partial charge in [0, 0.05) is 11.6 Å². The molecule has 2 nitrogen and oxygen atoms in total. The van der Waals surface area contributed by atoms with E-state index in [1.54, 1.807) is 0 Å². The van der Waals surface area contributed by atoms with E-state index in [9.17, 15) is 8.78 Å². The van der Waals surface area contributed by atoms with E-state index >= 15 is 0 Å². The highest BCUT2D eigenvalue weighted by Gasteiger charge is 2.54. The van der Waals surface area contributed by atoms with Crippen LogP contribution in [0.5, 0.6) is 0 Å². The van der Waals surface area contributed by atoms with Crippen molar-refractivity contribution in [3.8, 4) is 0 Å². The standard InChI is InChI=1S/C10H17F2NO/c1-7-3-8-5-10(4-7,13(8)2)6-14-9(11)12/h7-9H,3-6H2,1-2H3. The summed E-state index contributed by atoms with van der Waals surface area (Å²) in [4.78, 5) is 2.22. The number of likely N-dealkylation sites (N-methyl/N-ethyl adjacent to an activating group) is 1. The molecule has 0 N–H and O–H groups in total. The van der Waals surface area contributed by atoms with Crippen molar-refractivity contribution in [3.63, 3.8) is 0 Å². The topological polar surface area (TPSA) is 12.5 Å². The molecule has 14 heavy (non-hydrogen) atoms. The van der Waals surface area contributed by atoms with Crippen LogP contribution in [0.15, 0.2) is 0 Å². The molecule has 0 radical (unpaired) electrons. The Morgan fingerprint density at radius 1 is 1.50 bits per heavy atom. The fraction of sp³-hybridized carbons (Fsp3) is 1.00. The number of piperidine rings is 1. The lowest BCUT2D eigenvalue weighted by Crippen LogP contribution is -2.70. The first-order valence-corrected chi connectivity index (χ1v) is 5.16. The maximum Gasteiger partial charge on any atom is 0.345 e. The average molecular weight is 205 g/mol. The van der Waals surface area contributed by atoms with Gasteiger partial charge in [0.2, 0.25) is 0 Å². The number of nitrogens with zero attached hydrogens (tertiary/aromatic N) is 1. The van der Waals surface area contributed by atoms with Crippen LogP contribution in [0.1, 0.15) is 26.2 Å². The summed E-state index contributed by atoms with van der Waals surface area (Å²) in [6.45, 7) is -0.257. The van der Waals surface area contributed by atoms with Gasteiger partial charge < -0.3 is 4.74 Å². The third-order valence-electron chi connectivity index (χ3n) is 3.79. The first-order valence-electron chi connectivity index (χ1n) is 5.16. The summed E-state index contributed by atoms with van der Waals surface area (Å²) in [5.41, 5.74) is -0.0846. The van der Waals surface area contributed by atoms with Gasteiger partial charge in [0.05, 0.1) is 6.61 Å². The Labute approximate surface area is 83.2 Å². The molecule has 1 saturated carbocycles. The Balaban J connectivity index is 1.94. The van der Waals surface area contributed by atoms with E-state index in [1.165, 1.54) is 6.42 Å². The highest BCUT2D eigenvalue weighted by Crippen LogP contribution is 2.48. The van der Waals surface area contributed by atoms with Gasteiger partial charge in [0.25, 0.3) is 0 Å². The average Bonchev–Trinajstić information content (AvgIpc) is 2.13. The highest BCUT2D eigenvalue weighted by molar-refractivity contribution is 5.09. The van der Waals surface area contributed by atoms with Crippen LogP contribution in [0.2, 0.25) is 0 Å². The Morgan fingerprint density at radius 3 is 2.79 bits per heavy atom. The molecule has 3 unspecified atom stereocenters. The number of ether oxygens (including phenoxy) is 1. The molecule has 2 aliphatic heterocycles. The van der Waals surface area contributed by atoms with Gasteiger partial charge >= 0.3 is 6.61 Å². The molecule has 3 fully saturated rings. The molecule has 0 spiro atoms. The van der Waals surface area contributed by atoms with Crippen LogP contribution >= 0.6 is 0 Å². The molecular weight excluding hydrogens is 188 g/mol. The van der Waals surface area contributed by atoms with Gasteiger partial charge in [-0.3, -0.25) is 4.90 Å². The Bertz CT molecular complexity index is 224. The molecule has 1 aliphatic carbocycles. The van der Waals surface area contributed by atoms with Gasteiger partial charge in [-0.15, -0.1) is 0 Å². The monoisotopic (exact) mass is 205 g/mol. The highest BCUT2D eigenvalue weighted by atomic mass is 19.3. The molecule has 0 amide bonds. The van der Waals surface area contributed by atoms with Crippen LogP contribution in [0.25, 0.3) is 0 Å². The van der Waals surface area contributed by atoms with Crippen LogP contribution in [0.3, 0.4) is 0 Å².